The van der Waals surface area contributed by atoms with Gasteiger partial charge in [0.15, 0.2) is 0 Å². The van der Waals surface area contributed by atoms with Crippen LogP contribution in [0.1, 0.15) is 38.0 Å². The van der Waals surface area contributed by atoms with Gasteiger partial charge in [0.25, 0.3) is 0 Å². The first kappa shape index (κ1) is 13.7. The molecule has 0 unspecified atom stereocenters. The molecular weight excluding hydrogens is 236 g/mol. The van der Waals surface area contributed by atoms with E-state index in [0.29, 0.717) is 6.54 Å². The molecule has 0 radical (unpaired) electrons. The molecule has 0 saturated carbocycles. The van der Waals surface area contributed by atoms with Crippen molar-refractivity contribution in [1.29, 1.82) is 0 Å². The predicted molar refractivity (Wildman–Crippen MR) is 76.8 cm³/mol. The van der Waals surface area contributed by atoms with Gasteiger partial charge in [0.2, 0.25) is 0 Å². The zero-order chi connectivity index (χ0) is 13.9. The van der Waals surface area contributed by atoms with E-state index in [4.69, 9.17) is 5.73 Å². The Hall–Kier alpha value is -1.68. The molecule has 1 aromatic heterocycles. The van der Waals surface area contributed by atoms with E-state index in [-0.39, 0.29) is 5.54 Å². The Morgan fingerprint density at radius 3 is 2.21 bits per heavy atom. The van der Waals surface area contributed by atoms with Gasteiger partial charge in [0, 0.05) is 12.0 Å². The number of hydrogen-bond donors (Lipinski definition) is 1. The number of nitrogens with zero attached hydrogens (tertiary/aromatic N) is 3. The first-order chi connectivity index (χ1) is 9.02. The summed E-state index contributed by atoms with van der Waals surface area (Å²) in [5, 5.41) is 8.50. The van der Waals surface area contributed by atoms with Gasteiger partial charge in [-0.15, -0.1) is 10.2 Å². The minimum atomic E-state index is -0.0375. The minimum absolute atomic E-state index is 0.0375. The first-order valence-electron chi connectivity index (χ1n) is 6.70. The van der Waals surface area contributed by atoms with Gasteiger partial charge in [-0.2, -0.15) is 0 Å². The zero-order valence-corrected chi connectivity index (χ0v) is 11.9. The molecule has 19 heavy (non-hydrogen) atoms. The molecule has 0 aliphatic rings. The van der Waals surface area contributed by atoms with Crippen molar-refractivity contribution >= 4 is 0 Å². The Morgan fingerprint density at radius 2 is 1.63 bits per heavy atom. The summed E-state index contributed by atoms with van der Waals surface area (Å²) in [5.74, 6) is 1.87. The minimum Gasteiger partial charge on any atom is -0.324 e. The molecule has 2 N–H and O–H groups in total. The Labute approximate surface area is 114 Å². The summed E-state index contributed by atoms with van der Waals surface area (Å²) in [6.07, 6.45) is 1.86. The molecule has 4 heteroatoms. The van der Waals surface area contributed by atoms with Crippen LogP contribution in [0.4, 0.5) is 0 Å². The second-order valence-corrected chi connectivity index (χ2v) is 5.73. The van der Waals surface area contributed by atoms with Crippen LogP contribution in [0.2, 0.25) is 0 Å². The highest BCUT2D eigenvalue weighted by Gasteiger charge is 2.21. The van der Waals surface area contributed by atoms with Crippen molar-refractivity contribution in [3.05, 3.63) is 47.5 Å². The molecule has 0 atom stereocenters. The lowest BCUT2D eigenvalue weighted by Gasteiger charge is -2.24. The van der Waals surface area contributed by atoms with Crippen LogP contribution in [0.3, 0.4) is 0 Å². The number of rotatable bonds is 4. The third kappa shape index (κ3) is 3.20. The van der Waals surface area contributed by atoms with Gasteiger partial charge in [-0.25, -0.2) is 0 Å². The smallest absolute Gasteiger partial charge is 0.147 e. The normalized spacial score (nSPS) is 11.8. The molecule has 0 aliphatic carbocycles. The van der Waals surface area contributed by atoms with Gasteiger partial charge in [-0.05, 0) is 32.8 Å². The lowest BCUT2D eigenvalue weighted by molar-refractivity contribution is 0.369. The summed E-state index contributed by atoms with van der Waals surface area (Å²) in [5.41, 5.74) is 7.03. The van der Waals surface area contributed by atoms with E-state index in [2.05, 4.69) is 59.8 Å². The van der Waals surface area contributed by atoms with Crippen LogP contribution >= 0.6 is 0 Å². The zero-order valence-electron chi connectivity index (χ0n) is 11.9. The van der Waals surface area contributed by atoms with Gasteiger partial charge < -0.3 is 10.3 Å². The van der Waals surface area contributed by atoms with E-state index in [9.17, 15) is 0 Å². The predicted octanol–water partition coefficient (Wildman–Crippen LogP) is 2.28. The highest BCUT2D eigenvalue weighted by molar-refractivity contribution is 5.16. The van der Waals surface area contributed by atoms with Gasteiger partial charge in [-0.1, -0.05) is 30.3 Å². The number of nitrogens with two attached hydrogens (primary N) is 1. The summed E-state index contributed by atoms with van der Waals surface area (Å²) in [4.78, 5) is 0. The van der Waals surface area contributed by atoms with E-state index in [1.807, 2.05) is 6.07 Å². The van der Waals surface area contributed by atoms with E-state index in [1.54, 1.807) is 0 Å². The summed E-state index contributed by atoms with van der Waals surface area (Å²) in [6, 6.07) is 10.4. The average Bonchev–Trinajstić information content (AvgIpc) is 2.80. The maximum atomic E-state index is 5.74. The van der Waals surface area contributed by atoms with Crippen LogP contribution in [0.15, 0.2) is 30.3 Å². The standard InChI is InChI=1S/C15H22N4/c1-15(2,3)19-13(17-18-14(19)11-16)10-9-12-7-5-4-6-8-12/h4-8H,9-11,16H2,1-3H3. The van der Waals surface area contributed by atoms with Gasteiger partial charge in [-0.3, -0.25) is 0 Å². The molecule has 0 amide bonds. The molecule has 0 bridgehead atoms. The van der Waals surface area contributed by atoms with Crippen LogP contribution in [-0.4, -0.2) is 14.8 Å². The summed E-state index contributed by atoms with van der Waals surface area (Å²) in [7, 11) is 0. The van der Waals surface area contributed by atoms with Crippen LogP contribution < -0.4 is 5.73 Å². The van der Waals surface area contributed by atoms with Crippen molar-refractivity contribution in [3.8, 4) is 0 Å². The van der Waals surface area contributed by atoms with E-state index >= 15 is 0 Å². The van der Waals surface area contributed by atoms with E-state index in [1.165, 1.54) is 5.56 Å². The van der Waals surface area contributed by atoms with Crippen LogP contribution in [0.25, 0.3) is 0 Å². The highest BCUT2D eigenvalue weighted by atomic mass is 15.3. The third-order valence-electron chi connectivity index (χ3n) is 3.13. The fraction of sp³-hybridized carbons (Fsp3) is 0.467. The van der Waals surface area contributed by atoms with Gasteiger partial charge in [0.1, 0.15) is 11.6 Å². The number of benzene rings is 1. The van der Waals surface area contributed by atoms with Crippen molar-refractivity contribution in [3.63, 3.8) is 0 Å². The topological polar surface area (TPSA) is 56.7 Å². The Morgan fingerprint density at radius 1 is 1.00 bits per heavy atom. The Bertz CT molecular complexity index is 523. The van der Waals surface area contributed by atoms with Crippen molar-refractivity contribution in [2.24, 2.45) is 5.73 Å². The van der Waals surface area contributed by atoms with Gasteiger partial charge >= 0.3 is 0 Å². The molecule has 2 aromatic rings. The summed E-state index contributed by atoms with van der Waals surface area (Å²) < 4.78 is 2.16. The second-order valence-electron chi connectivity index (χ2n) is 5.73. The molecule has 0 fully saturated rings. The second kappa shape index (κ2) is 5.53. The molecule has 0 spiro atoms. The molecule has 0 aliphatic heterocycles. The lowest BCUT2D eigenvalue weighted by atomic mass is 10.1. The van der Waals surface area contributed by atoms with E-state index < -0.39 is 0 Å². The summed E-state index contributed by atoms with van der Waals surface area (Å²) >= 11 is 0. The first-order valence-corrected chi connectivity index (χ1v) is 6.70. The molecule has 1 heterocycles. The van der Waals surface area contributed by atoms with Crippen LogP contribution in [0.5, 0.6) is 0 Å². The molecule has 0 saturated heterocycles. The van der Waals surface area contributed by atoms with E-state index in [0.717, 1.165) is 24.5 Å². The Balaban J connectivity index is 2.19. The fourth-order valence-electron chi connectivity index (χ4n) is 2.32. The number of aromatic nitrogens is 3. The van der Waals surface area contributed by atoms with Crippen molar-refractivity contribution < 1.29 is 0 Å². The number of aryl methyl sites for hydroxylation is 2. The van der Waals surface area contributed by atoms with Crippen molar-refractivity contribution in [2.45, 2.75) is 45.7 Å². The van der Waals surface area contributed by atoms with Crippen LogP contribution in [0, 0.1) is 0 Å². The van der Waals surface area contributed by atoms with Crippen molar-refractivity contribution in [1.82, 2.24) is 14.8 Å². The Kier molecular flexibility index (Phi) is 4.00. The van der Waals surface area contributed by atoms with Gasteiger partial charge in [0.05, 0.1) is 6.54 Å². The monoisotopic (exact) mass is 258 g/mol. The molecule has 4 nitrogen and oxygen atoms in total. The molecule has 102 valence electrons. The highest BCUT2D eigenvalue weighted by Crippen LogP contribution is 2.19. The SMILES string of the molecule is CC(C)(C)n1c(CN)nnc1CCc1ccccc1. The molecule has 2 rings (SSSR count). The fourth-order valence-corrected chi connectivity index (χ4v) is 2.32. The average molecular weight is 258 g/mol. The largest absolute Gasteiger partial charge is 0.324 e. The lowest BCUT2D eigenvalue weighted by Crippen LogP contribution is -2.27. The summed E-state index contributed by atoms with van der Waals surface area (Å²) in [6.45, 7) is 6.89. The quantitative estimate of drug-likeness (QED) is 0.915. The van der Waals surface area contributed by atoms with Crippen molar-refractivity contribution in [2.75, 3.05) is 0 Å². The van der Waals surface area contributed by atoms with Crippen LogP contribution in [-0.2, 0) is 24.9 Å². The number of hydrogen-bond acceptors (Lipinski definition) is 3. The maximum Gasteiger partial charge on any atom is 0.147 e. The molecule has 1 aromatic carbocycles. The maximum absolute atomic E-state index is 5.74. The third-order valence-corrected chi connectivity index (χ3v) is 3.13. The molecular formula is C15H22N4.